The van der Waals surface area contributed by atoms with Crippen LogP contribution in [0.2, 0.25) is 19.6 Å². The molecule has 0 aromatic rings. The summed E-state index contributed by atoms with van der Waals surface area (Å²) in [6.45, 7) is 6.84. The molecule has 0 rings (SSSR count). The van der Waals surface area contributed by atoms with Gasteiger partial charge in [0.15, 0.2) is 0 Å². The Kier molecular flexibility index (Phi) is 2.54. The van der Waals surface area contributed by atoms with Gasteiger partial charge in [-0.3, -0.25) is 0 Å². The van der Waals surface area contributed by atoms with Crippen molar-refractivity contribution in [3.8, 4) is 0 Å². The summed E-state index contributed by atoms with van der Waals surface area (Å²) in [5, 5.41) is 8.38. The summed E-state index contributed by atoms with van der Waals surface area (Å²) in [4.78, 5) is 0. The van der Waals surface area contributed by atoms with E-state index in [1.54, 1.807) is 0 Å². The van der Waals surface area contributed by atoms with Crippen LogP contribution < -0.4 is 0 Å². The first-order chi connectivity index (χ1) is 3.06. The summed E-state index contributed by atoms with van der Waals surface area (Å²) in [6.07, 6.45) is 0. The van der Waals surface area contributed by atoms with Crippen LogP contribution in [0.25, 0.3) is 0 Å². The van der Waals surface area contributed by atoms with E-state index in [4.69, 9.17) is 5.11 Å². The first-order valence-electron chi connectivity index (χ1n) is 2.51. The van der Waals surface area contributed by atoms with Crippen LogP contribution in [-0.4, -0.2) is 19.8 Å². The fraction of sp³-hybridized carbons (Fsp3) is 0.800. The number of aliphatic hydroxyl groups excluding tert-OH is 1. The van der Waals surface area contributed by atoms with E-state index in [0.717, 1.165) is 0 Å². The van der Waals surface area contributed by atoms with E-state index in [9.17, 15) is 0 Å². The van der Waals surface area contributed by atoms with E-state index in [0.29, 0.717) is 0 Å². The lowest BCUT2D eigenvalue weighted by molar-refractivity contribution is 0.335. The summed E-state index contributed by atoms with van der Waals surface area (Å²) in [6, 6.07) is 2.01. The Balaban J connectivity index is 3.15. The molecular formula is C5H13OSi. The predicted octanol–water partition coefficient (Wildman–Crippen LogP) is 1.06. The molecule has 7 heavy (non-hydrogen) atoms. The predicted molar refractivity (Wildman–Crippen MR) is 34.7 cm³/mol. The van der Waals surface area contributed by atoms with Crippen LogP contribution in [0.1, 0.15) is 0 Å². The monoisotopic (exact) mass is 117 g/mol. The standard InChI is InChI=1S/C5H13OSi/c1-7(2,3)5-4-6/h5-6H,4H2,1-3H3. The van der Waals surface area contributed by atoms with Crippen LogP contribution in [0.3, 0.4) is 0 Å². The lowest BCUT2D eigenvalue weighted by Gasteiger charge is -2.11. The molecule has 0 unspecified atom stereocenters. The maximum absolute atomic E-state index is 8.38. The van der Waals surface area contributed by atoms with Gasteiger partial charge in [-0.2, -0.15) is 0 Å². The molecule has 0 aliphatic carbocycles. The lowest BCUT2D eigenvalue weighted by atomic mass is 10.9. The average molecular weight is 117 g/mol. The van der Waals surface area contributed by atoms with E-state index >= 15 is 0 Å². The normalized spacial score (nSPS) is 12.0. The van der Waals surface area contributed by atoms with Gasteiger partial charge in [0.25, 0.3) is 0 Å². The van der Waals surface area contributed by atoms with Gasteiger partial charge in [-0.1, -0.05) is 19.6 Å². The van der Waals surface area contributed by atoms with E-state index in [2.05, 4.69) is 19.6 Å². The van der Waals surface area contributed by atoms with E-state index in [1.807, 2.05) is 6.04 Å². The minimum absolute atomic E-state index is 0.246. The Labute approximate surface area is 46.4 Å². The molecule has 0 aliphatic rings. The van der Waals surface area contributed by atoms with Gasteiger partial charge in [0.1, 0.15) is 0 Å². The molecule has 2 heteroatoms. The SMILES string of the molecule is C[Si](C)(C)[CH]CO. The molecule has 0 atom stereocenters. The first-order valence-corrected chi connectivity index (χ1v) is 6.09. The number of aliphatic hydroxyl groups is 1. The van der Waals surface area contributed by atoms with Gasteiger partial charge < -0.3 is 5.11 Å². The number of hydrogen-bond donors (Lipinski definition) is 1. The summed E-state index contributed by atoms with van der Waals surface area (Å²) in [5.74, 6) is 0. The second kappa shape index (κ2) is 2.48. The quantitative estimate of drug-likeness (QED) is 0.536. The fourth-order valence-electron chi connectivity index (χ4n) is 0.274. The van der Waals surface area contributed by atoms with Crippen LogP contribution in [0.4, 0.5) is 0 Å². The topological polar surface area (TPSA) is 20.2 Å². The molecule has 43 valence electrons. The number of rotatable bonds is 2. The van der Waals surface area contributed by atoms with Gasteiger partial charge in [0.2, 0.25) is 0 Å². The summed E-state index contributed by atoms with van der Waals surface area (Å²) in [7, 11) is -1.03. The molecule has 1 radical (unpaired) electrons. The van der Waals surface area contributed by atoms with Crippen molar-refractivity contribution < 1.29 is 5.11 Å². The maximum Gasteiger partial charge on any atom is 0.0501 e. The molecule has 0 aromatic heterocycles. The first kappa shape index (κ1) is 7.18. The molecule has 0 saturated carbocycles. The van der Waals surface area contributed by atoms with Crippen molar-refractivity contribution >= 4 is 8.07 Å². The van der Waals surface area contributed by atoms with Gasteiger partial charge in [-0.25, -0.2) is 0 Å². The molecule has 0 aliphatic heterocycles. The van der Waals surface area contributed by atoms with Gasteiger partial charge >= 0.3 is 0 Å². The number of hydrogen-bond acceptors (Lipinski definition) is 1. The Hall–Kier alpha value is 0.177. The van der Waals surface area contributed by atoms with Crippen molar-refractivity contribution in [2.24, 2.45) is 0 Å². The van der Waals surface area contributed by atoms with Crippen LogP contribution in [-0.2, 0) is 0 Å². The molecule has 1 N–H and O–H groups in total. The van der Waals surface area contributed by atoms with Crippen molar-refractivity contribution in [3.05, 3.63) is 6.04 Å². The molecular weight excluding hydrogens is 104 g/mol. The summed E-state index contributed by atoms with van der Waals surface area (Å²) < 4.78 is 0. The molecule has 0 saturated heterocycles. The Bertz CT molecular complexity index is 46.5. The highest BCUT2D eigenvalue weighted by Gasteiger charge is 2.10. The summed E-state index contributed by atoms with van der Waals surface area (Å²) in [5.41, 5.74) is 0. The van der Waals surface area contributed by atoms with Crippen LogP contribution in [0, 0.1) is 6.04 Å². The Morgan fingerprint density at radius 3 is 1.86 bits per heavy atom. The molecule has 0 amide bonds. The van der Waals surface area contributed by atoms with Crippen molar-refractivity contribution in [1.82, 2.24) is 0 Å². The van der Waals surface area contributed by atoms with Crippen LogP contribution in [0.15, 0.2) is 0 Å². The van der Waals surface area contributed by atoms with Crippen molar-refractivity contribution in [3.63, 3.8) is 0 Å². The molecule has 1 nitrogen and oxygen atoms in total. The van der Waals surface area contributed by atoms with E-state index < -0.39 is 8.07 Å². The fourth-order valence-corrected chi connectivity index (χ4v) is 0.822. The zero-order valence-corrected chi connectivity index (χ0v) is 6.23. The second-order valence-electron chi connectivity index (χ2n) is 2.75. The molecule has 0 aromatic carbocycles. The Morgan fingerprint density at radius 2 is 1.86 bits per heavy atom. The molecule has 0 spiro atoms. The highest BCUT2D eigenvalue weighted by Crippen LogP contribution is 2.02. The van der Waals surface area contributed by atoms with Gasteiger partial charge in [-0.15, -0.1) is 0 Å². The van der Waals surface area contributed by atoms with Crippen molar-refractivity contribution in [2.45, 2.75) is 19.6 Å². The average Bonchev–Trinajstić information content (AvgIpc) is 1.30. The van der Waals surface area contributed by atoms with Crippen LogP contribution >= 0.6 is 0 Å². The third-order valence-corrected chi connectivity index (χ3v) is 2.11. The lowest BCUT2D eigenvalue weighted by Crippen LogP contribution is -2.22. The molecule has 0 bridgehead atoms. The smallest absolute Gasteiger partial charge is 0.0501 e. The molecule has 0 heterocycles. The highest BCUT2D eigenvalue weighted by molar-refractivity contribution is 6.79. The summed E-state index contributed by atoms with van der Waals surface area (Å²) >= 11 is 0. The van der Waals surface area contributed by atoms with Crippen molar-refractivity contribution in [1.29, 1.82) is 0 Å². The minimum Gasteiger partial charge on any atom is -0.396 e. The molecule has 0 fully saturated rings. The van der Waals surface area contributed by atoms with Crippen molar-refractivity contribution in [2.75, 3.05) is 6.61 Å². The Morgan fingerprint density at radius 1 is 1.43 bits per heavy atom. The second-order valence-corrected chi connectivity index (χ2v) is 7.89. The van der Waals surface area contributed by atoms with E-state index in [-0.39, 0.29) is 6.61 Å². The zero-order valence-electron chi connectivity index (χ0n) is 5.23. The minimum atomic E-state index is -1.03. The zero-order chi connectivity index (χ0) is 5.91. The largest absolute Gasteiger partial charge is 0.396 e. The van der Waals surface area contributed by atoms with Crippen LogP contribution in [0.5, 0.6) is 0 Å². The van der Waals surface area contributed by atoms with Gasteiger partial charge in [-0.05, 0) is 6.04 Å². The van der Waals surface area contributed by atoms with E-state index in [1.165, 1.54) is 0 Å². The highest BCUT2D eigenvalue weighted by atomic mass is 28.3. The third-order valence-electron chi connectivity index (χ3n) is 0.704. The maximum atomic E-state index is 8.38. The third kappa shape index (κ3) is 6.18. The van der Waals surface area contributed by atoms with Gasteiger partial charge in [0, 0.05) is 6.61 Å². The van der Waals surface area contributed by atoms with Gasteiger partial charge in [0.05, 0.1) is 8.07 Å².